The monoisotopic (exact) mass is 445 g/mol. The highest BCUT2D eigenvalue weighted by Gasteiger charge is 2.41. The van der Waals surface area contributed by atoms with E-state index in [-0.39, 0.29) is 24.0 Å². The van der Waals surface area contributed by atoms with Crippen molar-refractivity contribution < 1.29 is 9.47 Å². The van der Waals surface area contributed by atoms with E-state index in [1.807, 2.05) is 26.1 Å². The third-order valence-corrected chi connectivity index (χ3v) is 4.57. The molecule has 24 heavy (non-hydrogen) atoms. The number of aliphatic imine (C=N–C) groups is 1. The molecule has 3 atom stereocenters. The Labute approximate surface area is 161 Å². The number of nitrogens with zero attached hydrogens (tertiary/aromatic N) is 1. The van der Waals surface area contributed by atoms with Gasteiger partial charge >= 0.3 is 0 Å². The topological polar surface area (TPSA) is 54.9 Å². The zero-order valence-corrected chi connectivity index (χ0v) is 16.8. The van der Waals surface area contributed by atoms with Crippen molar-refractivity contribution in [2.24, 2.45) is 4.99 Å². The number of nitrogens with one attached hydrogen (secondary N) is 2. The molecule has 2 aliphatic rings. The van der Waals surface area contributed by atoms with Gasteiger partial charge in [0.25, 0.3) is 0 Å². The van der Waals surface area contributed by atoms with Crippen molar-refractivity contribution in [2.75, 3.05) is 20.2 Å². The highest BCUT2D eigenvalue weighted by Crippen LogP contribution is 2.34. The molecule has 0 saturated carbocycles. The summed E-state index contributed by atoms with van der Waals surface area (Å²) in [6.45, 7) is 3.55. The molecule has 2 N–H and O–H groups in total. The van der Waals surface area contributed by atoms with Gasteiger partial charge in [0.05, 0.1) is 24.9 Å². The Kier molecular flexibility index (Phi) is 7.61. The third-order valence-electron chi connectivity index (χ3n) is 4.57. The average molecular weight is 445 g/mol. The Morgan fingerprint density at radius 3 is 2.92 bits per heavy atom. The van der Waals surface area contributed by atoms with E-state index in [0.29, 0.717) is 24.9 Å². The van der Waals surface area contributed by atoms with Gasteiger partial charge in [-0.25, -0.2) is 0 Å². The van der Waals surface area contributed by atoms with E-state index < -0.39 is 0 Å². The molecule has 0 spiro atoms. The molecule has 6 heteroatoms. The van der Waals surface area contributed by atoms with Gasteiger partial charge in [-0.05, 0) is 50.3 Å². The molecule has 3 unspecified atom stereocenters. The lowest BCUT2D eigenvalue weighted by Crippen LogP contribution is -2.47. The highest BCUT2D eigenvalue weighted by atomic mass is 127. The second kappa shape index (κ2) is 9.46. The van der Waals surface area contributed by atoms with Crippen molar-refractivity contribution in [3.8, 4) is 5.75 Å². The summed E-state index contributed by atoms with van der Waals surface area (Å²) in [6, 6.07) is 8.67. The molecular formula is C18H28IN3O2. The number of halogens is 1. The van der Waals surface area contributed by atoms with Crippen molar-refractivity contribution in [1.82, 2.24) is 10.6 Å². The molecule has 1 aromatic rings. The van der Waals surface area contributed by atoms with Crippen LogP contribution in [-0.4, -0.2) is 44.4 Å². The van der Waals surface area contributed by atoms with Crippen molar-refractivity contribution in [3.05, 3.63) is 29.8 Å². The van der Waals surface area contributed by atoms with Gasteiger partial charge < -0.3 is 20.1 Å². The van der Waals surface area contributed by atoms with E-state index >= 15 is 0 Å². The maximum atomic E-state index is 5.88. The van der Waals surface area contributed by atoms with E-state index in [9.17, 15) is 0 Å². The number of ether oxygens (including phenoxy) is 2. The second-order valence-corrected chi connectivity index (χ2v) is 6.19. The molecule has 2 fully saturated rings. The van der Waals surface area contributed by atoms with Crippen molar-refractivity contribution in [3.63, 3.8) is 0 Å². The summed E-state index contributed by atoms with van der Waals surface area (Å²) in [7, 11) is 1.82. The van der Waals surface area contributed by atoms with Crippen LogP contribution in [0.3, 0.4) is 0 Å². The van der Waals surface area contributed by atoms with Crippen molar-refractivity contribution in [2.45, 2.75) is 50.9 Å². The fourth-order valence-electron chi connectivity index (χ4n) is 3.44. The van der Waals surface area contributed by atoms with Crippen LogP contribution in [0.2, 0.25) is 0 Å². The predicted octanol–water partition coefficient (Wildman–Crippen LogP) is 2.73. The Balaban J connectivity index is 0.00000208. The Hall–Kier alpha value is -1.02. The molecule has 0 aromatic heterocycles. The summed E-state index contributed by atoms with van der Waals surface area (Å²) in [6.07, 6.45) is 5.24. The number of guanidine groups is 1. The van der Waals surface area contributed by atoms with E-state index in [4.69, 9.17) is 9.47 Å². The fourth-order valence-corrected chi connectivity index (χ4v) is 3.44. The first kappa shape index (κ1) is 19.3. The normalized spacial score (nSPS) is 25.2. The number of hydrogen-bond donors (Lipinski definition) is 2. The minimum atomic E-state index is 0. The first-order chi connectivity index (χ1) is 11.3. The molecule has 134 valence electrons. The number of fused-ring (bicyclic) bond motifs is 2. The van der Waals surface area contributed by atoms with Gasteiger partial charge in [0, 0.05) is 13.6 Å². The van der Waals surface area contributed by atoms with Crippen LogP contribution < -0.4 is 15.4 Å². The van der Waals surface area contributed by atoms with Gasteiger partial charge in [-0.15, -0.1) is 24.0 Å². The molecule has 0 aliphatic carbocycles. The first-order valence-electron chi connectivity index (χ1n) is 8.63. The summed E-state index contributed by atoms with van der Waals surface area (Å²) in [5.41, 5.74) is 1.27. The van der Waals surface area contributed by atoms with Crippen molar-refractivity contribution >= 4 is 29.9 Å². The molecule has 0 amide bonds. The van der Waals surface area contributed by atoms with Gasteiger partial charge in [-0.1, -0.05) is 12.1 Å². The number of rotatable bonds is 6. The highest BCUT2D eigenvalue weighted by molar-refractivity contribution is 14.0. The van der Waals surface area contributed by atoms with Crippen LogP contribution in [-0.2, 0) is 11.2 Å². The van der Waals surface area contributed by atoms with Gasteiger partial charge in [-0.2, -0.15) is 0 Å². The second-order valence-electron chi connectivity index (χ2n) is 6.19. The molecule has 0 radical (unpaired) electrons. The quantitative estimate of drug-likeness (QED) is 0.402. The molecular weight excluding hydrogens is 417 g/mol. The van der Waals surface area contributed by atoms with Crippen LogP contribution in [0.4, 0.5) is 0 Å². The Morgan fingerprint density at radius 1 is 1.38 bits per heavy atom. The lowest BCUT2D eigenvalue weighted by Gasteiger charge is -2.22. The molecule has 2 heterocycles. The molecule has 2 bridgehead atoms. The lowest BCUT2D eigenvalue weighted by molar-refractivity contribution is 0.0992. The summed E-state index contributed by atoms with van der Waals surface area (Å²) in [4.78, 5) is 4.33. The smallest absolute Gasteiger partial charge is 0.191 e. The molecule has 2 aliphatic heterocycles. The summed E-state index contributed by atoms with van der Waals surface area (Å²) in [5.74, 6) is 1.80. The van der Waals surface area contributed by atoms with E-state index in [1.54, 1.807) is 0 Å². The van der Waals surface area contributed by atoms with E-state index in [2.05, 4.69) is 27.8 Å². The Morgan fingerprint density at radius 2 is 2.25 bits per heavy atom. The summed E-state index contributed by atoms with van der Waals surface area (Å²) < 4.78 is 11.4. The van der Waals surface area contributed by atoms with Crippen LogP contribution in [0.15, 0.2) is 29.3 Å². The molecule has 1 aromatic carbocycles. The van der Waals surface area contributed by atoms with E-state index in [0.717, 1.165) is 31.1 Å². The zero-order valence-electron chi connectivity index (χ0n) is 14.5. The van der Waals surface area contributed by atoms with Crippen molar-refractivity contribution in [1.29, 1.82) is 0 Å². The third kappa shape index (κ3) is 4.99. The number of benzene rings is 1. The maximum absolute atomic E-state index is 5.88. The van der Waals surface area contributed by atoms with Gasteiger partial charge in [0.2, 0.25) is 0 Å². The average Bonchev–Trinajstić information content (AvgIpc) is 3.17. The molecule has 2 saturated heterocycles. The van der Waals surface area contributed by atoms with Crippen LogP contribution in [0.1, 0.15) is 31.7 Å². The minimum Gasteiger partial charge on any atom is -0.494 e. The minimum absolute atomic E-state index is 0. The lowest BCUT2D eigenvalue weighted by atomic mass is 9.96. The fraction of sp³-hybridized carbons (Fsp3) is 0.611. The summed E-state index contributed by atoms with van der Waals surface area (Å²) >= 11 is 0. The van der Waals surface area contributed by atoms with Gasteiger partial charge in [0.1, 0.15) is 5.75 Å². The largest absolute Gasteiger partial charge is 0.494 e. The SMILES string of the molecule is CCOc1cccc(CCNC(=NC)NC2CC3CCC2O3)c1.I. The van der Waals surface area contributed by atoms with Crippen LogP contribution in [0.5, 0.6) is 5.75 Å². The van der Waals surface area contributed by atoms with Crippen LogP contribution in [0.25, 0.3) is 0 Å². The van der Waals surface area contributed by atoms with E-state index in [1.165, 1.54) is 18.4 Å². The molecule has 3 rings (SSSR count). The van der Waals surface area contributed by atoms with Gasteiger partial charge in [0.15, 0.2) is 5.96 Å². The van der Waals surface area contributed by atoms with Crippen LogP contribution in [0, 0.1) is 0 Å². The molecule has 5 nitrogen and oxygen atoms in total. The standard InChI is InChI=1S/C18H27N3O2.HI/c1-3-22-14-6-4-5-13(11-14)9-10-20-18(19-2)21-16-12-15-7-8-17(16)23-15;/h4-6,11,15-17H,3,7-10,12H2,1-2H3,(H2,19,20,21);1H. The maximum Gasteiger partial charge on any atom is 0.191 e. The zero-order chi connectivity index (χ0) is 16.1. The Bertz CT molecular complexity index is 553. The van der Waals surface area contributed by atoms with Crippen LogP contribution >= 0.6 is 24.0 Å². The van der Waals surface area contributed by atoms with Gasteiger partial charge in [-0.3, -0.25) is 4.99 Å². The number of hydrogen-bond acceptors (Lipinski definition) is 3. The predicted molar refractivity (Wildman–Crippen MR) is 108 cm³/mol. The first-order valence-corrected chi connectivity index (χ1v) is 8.63. The summed E-state index contributed by atoms with van der Waals surface area (Å²) in [5, 5.41) is 6.90.